The summed E-state index contributed by atoms with van der Waals surface area (Å²) in [6, 6.07) is 0. The molecule has 0 aliphatic carbocycles. The lowest BCUT2D eigenvalue weighted by Gasteiger charge is -2.21. The Morgan fingerprint density at radius 1 is 1.73 bits per heavy atom. The summed E-state index contributed by atoms with van der Waals surface area (Å²) in [5, 5.41) is 0. The lowest BCUT2D eigenvalue weighted by atomic mass is 10.4. The predicted octanol–water partition coefficient (Wildman–Crippen LogP) is 1.58. The van der Waals surface area contributed by atoms with Crippen LogP contribution in [0.2, 0.25) is 0 Å². The summed E-state index contributed by atoms with van der Waals surface area (Å²) in [6.45, 7) is 1.01. The third-order valence-corrected chi connectivity index (χ3v) is 3.32. The molecule has 2 nitrogen and oxygen atoms in total. The van der Waals surface area contributed by atoms with Crippen molar-refractivity contribution in [2.45, 2.75) is 12.6 Å². The SMILES string of the molecule is S=C1SCC2OC=CCCN12. The molecule has 1 atom stereocenters. The van der Waals surface area contributed by atoms with E-state index in [1.807, 2.05) is 6.08 Å². The number of hydrogen-bond donors (Lipinski definition) is 0. The van der Waals surface area contributed by atoms with Crippen molar-refractivity contribution in [3.63, 3.8) is 0 Å². The van der Waals surface area contributed by atoms with E-state index in [9.17, 15) is 0 Å². The van der Waals surface area contributed by atoms with E-state index in [0.29, 0.717) is 0 Å². The Kier molecular flexibility index (Phi) is 2.05. The highest BCUT2D eigenvalue weighted by Crippen LogP contribution is 2.26. The summed E-state index contributed by atoms with van der Waals surface area (Å²) in [6.07, 6.45) is 5.08. The van der Waals surface area contributed by atoms with E-state index < -0.39 is 0 Å². The van der Waals surface area contributed by atoms with E-state index in [4.69, 9.17) is 17.0 Å². The van der Waals surface area contributed by atoms with Crippen LogP contribution in [0.1, 0.15) is 6.42 Å². The first-order chi connectivity index (χ1) is 5.38. The second-order valence-electron chi connectivity index (χ2n) is 2.52. The Labute approximate surface area is 75.6 Å². The van der Waals surface area contributed by atoms with Gasteiger partial charge < -0.3 is 9.64 Å². The molecule has 4 heteroatoms. The average Bonchev–Trinajstić information content (AvgIpc) is 2.25. The summed E-state index contributed by atoms with van der Waals surface area (Å²) in [5.74, 6) is 0.975. The Hall–Kier alpha value is -0.220. The van der Waals surface area contributed by atoms with Crippen molar-refractivity contribution in [3.8, 4) is 0 Å². The molecule has 0 amide bonds. The van der Waals surface area contributed by atoms with Gasteiger partial charge in [0.15, 0.2) is 6.23 Å². The minimum Gasteiger partial charge on any atom is -0.478 e. The first-order valence-corrected chi connectivity index (χ1v) is 5.01. The first-order valence-electron chi connectivity index (χ1n) is 3.62. The zero-order valence-corrected chi connectivity index (χ0v) is 7.66. The van der Waals surface area contributed by atoms with E-state index >= 15 is 0 Å². The average molecular weight is 187 g/mol. The molecule has 1 unspecified atom stereocenters. The highest BCUT2D eigenvalue weighted by Gasteiger charge is 2.29. The van der Waals surface area contributed by atoms with Gasteiger partial charge in [0.2, 0.25) is 0 Å². The van der Waals surface area contributed by atoms with E-state index in [1.165, 1.54) is 0 Å². The van der Waals surface area contributed by atoms with Gasteiger partial charge >= 0.3 is 0 Å². The monoisotopic (exact) mass is 187 g/mol. The normalized spacial score (nSPS) is 29.6. The molecule has 2 heterocycles. The zero-order chi connectivity index (χ0) is 7.68. The summed E-state index contributed by atoms with van der Waals surface area (Å²) >= 11 is 6.87. The van der Waals surface area contributed by atoms with Crippen molar-refractivity contribution in [2.24, 2.45) is 0 Å². The van der Waals surface area contributed by atoms with Gasteiger partial charge in [-0.25, -0.2) is 0 Å². The Balaban J connectivity index is 2.11. The van der Waals surface area contributed by atoms with Gasteiger partial charge in [-0.1, -0.05) is 24.0 Å². The van der Waals surface area contributed by atoms with Gasteiger partial charge in [-0.2, -0.15) is 0 Å². The van der Waals surface area contributed by atoms with Crippen molar-refractivity contribution in [2.75, 3.05) is 12.3 Å². The molecule has 2 aliphatic rings. The van der Waals surface area contributed by atoms with E-state index in [-0.39, 0.29) is 6.23 Å². The van der Waals surface area contributed by atoms with E-state index in [1.54, 1.807) is 18.0 Å². The number of hydrogen-bond acceptors (Lipinski definition) is 3. The summed E-state index contributed by atoms with van der Waals surface area (Å²) in [7, 11) is 0. The quantitative estimate of drug-likeness (QED) is 0.534. The number of rotatable bonds is 0. The Morgan fingerprint density at radius 2 is 2.64 bits per heavy atom. The standard InChI is InChI=1S/C7H9NOS2/c10-7-8-3-1-2-4-9-6(8)5-11-7/h2,4,6H,1,3,5H2. The number of fused-ring (bicyclic) bond motifs is 1. The number of nitrogens with zero attached hydrogens (tertiary/aromatic N) is 1. The maximum absolute atomic E-state index is 5.43. The molecule has 0 aromatic rings. The van der Waals surface area contributed by atoms with E-state index in [2.05, 4.69) is 4.90 Å². The van der Waals surface area contributed by atoms with Crippen LogP contribution in [0.5, 0.6) is 0 Å². The van der Waals surface area contributed by atoms with Gasteiger partial charge in [0.25, 0.3) is 0 Å². The number of ether oxygens (including phenoxy) is 1. The topological polar surface area (TPSA) is 12.5 Å². The highest BCUT2D eigenvalue weighted by molar-refractivity contribution is 8.23. The van der Waals surface area contributed by atoms with Crippen LogP contribution in [0.3, 0.4) is 0 Å². The fourth-order valence-corrected chi connectivity index (χ4v) is 2.54. The largest absolute Gasteiger partial charge is 0.478 e. The third-order valence-electron chi connectivity index (χ3n) is 1.80. The highest BCUT2D eigenvalue weighted by atomic mass is 32.2. The van der Waals surface area contributed by atoms with Crippen LogP contribution >= 0.6 is 24.0 Å². The fourth-order valence-electron chi connectivity index (χ4n) is 1.21. The van der Waals surface area contributed by atoms with Gasteiger partial charge in [-0.05, 0) is 12.5 Å². The minimum atomic E-state index is 0.200. The number of thiocarbonyl (C=S) groups is 1. The molecule has 0 bridgehead atoms. The van der Waals surface area contributed by atoms with Crippen molar-refractivity contribution in [1.82, 2.24) is 4.90 Å². The molecule has 1 fully saturated rings. The second-order valence-corrected chi connectivity index (χ2v) is 4.18. The Morgan fingerprint density at radius 3 is 3.55 bits per heavy atom. The molecule has 2 aliphatic heterocycles. The van der Waals surface area contributed by atoms with Crippen molar-refractivity contribution < 1.29 is 4.74 Å². The van der Waals surface area contributed by atoms with Crippen LogP contribution < -0.4 is 0 Å². The van der Waals surface area contributed by atoms with Gasteiger partial charge in [-0.3, -0.25) is 0 Å². The fraction of sp³-hybridized carbons (Fsp3) is 0.571. The van der Waals surface area contributed by atoms with Gasteiger partial charge in [0.1, 0.15) is 4.32 Å². The molecule has 0 spiro atoms. The zero-order valence-electron chi connectivity index (χ0n) is 6.03. The van der Waals surface area contributed by atoms with Crippen molar-refractivity contribution in [3.05, 3.63) is 12.3 Å². The van der Waals surface area contributed by atoms with Crippen molar-refractivity contribution >= 4 is 28.3 Å². The summed E-state index contributed by atoms with van der Waals surface area (Å²) in [5.41, 5.74) is 0. The maximum Gasteiger partial charge on any atom is 0.181 e. The molecule has 0 saturated carbocycles. The van der Waals surface area contributed by atoms with Crippen LogP contribution in [0.15, 0.2) is 12.3 Å². The van der Waals surface area contributed by atoms with Crippen LogP contribution in [0.25, 0.3) is 0 Å². The molecule has 0 N–H and O–H groups in total. The van der Waals surface area contributed by atoms with Gasteiger partial charge in [0, 0.05) is 6.54 Å². The predicted molar refractivity (Wildman–Crippen MR) is 50.4 cm³/mol. The Bertz CT molecular complexity index is 205. The first kappa shape index (κ1) is 7.43. The summed E-state index contributed by atoms with van der Waals surface area (Å²) in [4.78, 5) is 2.15. The maximum atomic E-state index is 5.43. The van der Waals surface area contributed by atoms with Crippen LogP contribution in [-0.4, -0.2) is 27.7 Å². The molecule has 60 valence electrons. The molecule has 0 aromatic carbocycles. The van der Waals surface area contributed by atoms with Crippen LogP contribution in [-0.2, 0) is 4.74 Å². The lowest BCUT2D eigenvalue weighted by molar-refractivity contribution is 0.0727. The molecule has 1 saturated heterocycles. The van der Waals surface area contributed by atoms with Crippen LogP contribution in [0, 0.1) is 0 Å². The van der Waals surface area contributed by atoms with Gasteiger partial charge in [0.05, 0.1) is 12.0 Å². The minimum absolute atomic E-state index is 0.200. The lowest BCUT2D eigenvalue weighted by Crippen LogP contribution is -2.33. The van der Waals surface area contributed by atoms with Gasteiger partial charge in [-0.15, -0.1) is 0 Å². The summed E-state index contributed by atoms with van der Waals surface area (Å²) < 4.78 is 6.42. The smallest absolute Gasteiger partial charge is 0.181 e. The van der Waals surface area contributed by atoms with E-state index in [0.717, 1.165) is 23.0 Å². The molecular formula is C7H9NOS2. The number of thioether (sulfide) groups is 1. The molecule has 0 aromatic heterocycles. The molecule has 11 heavy (non-hydrogen) atoms. The molecule has 2 rings (SSSR count). The molecular weight excluding hydrogens is 178 g/mol. The second kappa shape index (κ2) is 3.03. The van der Waals surface area contributed by atoms with Crippen molar-refractivity contribution in [1.29, 1.82) is 0 Å². The van der Waals surface area contributed by atoms with Crippen LogP contribution in [0.4, 0.5) is 0 Å². The third kappa shape index (κ3) is 1.37. The molecule has 0 radical (unpaired) electrons.